The first-order valence-electron chi connectivity index (χ1n) is 11.0. The predicted molar refractivity (Wildman–Crippen MR) is 138 cm³/mol. The number of anilines is 1. The van der Waals surface area contributed by atoms with Crippen LogP contribution in [0.3, 0.4) is 0 Å². The van der Waals surface area contributed by atoms with Crippen molar-refractivity contribution in [1.82, 2.24) is 10.2 Å². The second-order valence-electron chi connectivity index (χ2n) is 8.02. The molecule has 0 saturated heterocycles. The summed E-state index contributed by atoms with van der Waals surface area (Å²) in [6, 6.07) is 11.1. The highest BCUT2D eigenvalue weighted by atomic mass is 35.5. The van der Waals surface area contributed by atoms with Crippen molar-refractivity contribution in [3.63, 3.8) is 0 Å². The molecule has 34 heavy (non-hydrogen) atoms. The van der Waals surface area contributed by atoms with Crippen molar-refractivity contribution in [1.29, 1.82) is 0 Å². The van der Waals surface area contributed by atoms with Gasteiger partial charge in [-0.25, -0.2) is 8.42 Å². The van der Waals surface area contributed by atoms with Gasteiger partial charge in [0.05, 0.1) is 11.9 Å². The summed E-state index contributed by atoms with van der Waals surface area (Å²) in [5, 5.41) is 3.78. The maximum atomic E-state index is 13.6. The van der Waals surface area contributed by atoms with Gasteiger partial charge in [0.15, 0.2) is 0 Å². The minimum atomic E-state index is -3.82. The lowest BCUT2D eigenvalue weighted by Crippen LogP contribution is -2.52. The first-order chi connectivity index (χ1) is 16.0. The monoisotopic (exact) mass is 527 g/mol. The van der Waals surface area contributed by atoms with E-state index >= 15 is 0 Å². The minimum Gasteiger partial charge on any atom is -0.354 e. The van der Waals surface area contributed by atoms with E-state index in [9.17, 15) is 18.0 Å². The van der Waals surface area contributed by atoms with Gasteiger partial charge in [-0.2, -0.15) is 0 Å². The van der Waals surface area contributed by atoms with Gasteiger partial charge in [-0.3, -0.25) is 13.9 Å². The number of halogens is 2. The molecule has 0 aromatic heterocycles. The Morgan fingerprint density at radius 2 is 1.71 bits per heavy atom. The Morgan fingerprint density at radius 3 is 2.26 bits per heavy atom. The van der Waals surface area contributed by atoms with E-state index in [1.165, 1.54) is 4.90 Å². The van der Waals surface area contributed by atoms with Crippen molar-refractivity contribution in [2.24, 2.45) is 0 Å². The fourth-order valence-corrected chi connectivity index (χ4v) is 4.73. The van der Waals surface area contributed by atoms with Crippen LogP contribution >= 0.6 is 23.2 Å². The van der Waals surface area contributed by atoms with Gasteiger partial charge >= 0.3 is 0 Å². The Bertz CT molecular complexity index is 1110. The third-order valence-corrected chi connectivity index (χ3v) is 7.18. The van der Waals surface area contributed by atoms with Gasteiger partial charge in [0.2, 0.25) is 21.8 Å². The third kappa shape index (κ3) is 7.35. The lowest BCUT2D eigenvalue weighted by Gasteiger charge is -2.33. The molecule has 0 radical (unpaired) electrons. The van der Waals surface area contributed by atoms with Crippen LogP contribution in [0.15, 0.2) is 42.5 Å². The van der Waals surface area contributed by atoms with Crippen LogP contribution in [-0.2, 0) is 26.2 Å². The Balaban J connectivity index is 2.46. The molecule has 1 atom stereocenters. The molecule has 0 aliphatic carbocycles. The molecular weight excluding hydrogens is 497 g/mol. The van der Waals surface area contributed by atoms with Crippen molar-refractivity contribution >= 4 is 50.7 Å². The summed E-state index contributed by atoms with van der Waals surface area (Å²) in [6.45, 7) is 5.59. The van der Waals surface area contributed by atoms with E-state index in [2.05, 4.69) is 5.32 Å². The zero-order chi connectivity index (χ0) is 25.5. The maximum absolute atomic E-state index is 13.6. The average Bonchev–Trinajstić information content (AvgIpc) is 2.78. The molecular formula is C24H31Cl2N3O4S. The summed E-state index contributed by atoms with van der Waals surface area (Å²) in [5.74, 6) is -0.783. The molecule has 0 saturated carbocycles. The van der Waals surface area contributed by atoms with Crippen LogP contribution in [0.4, 0.5) is 5.69 Å². The summed E-state index contributed by atoms with van der Waals surface area (Å²) in [4.78, 5) is 27.9. The number of nitrogens with one attached hydrogen (secondary N) is 1. The Hall–Kier alpha value is -2.29. The number of nitrogens with zero attached hydrogens (tertiary/aromatic N) is 2. The van der Waals surface area contributed by atoms with Crippen molar-refractivity contribution in [3.8, 4) is 0 Å². The molecule has 2 amide bonds. The first kappa shape index (κ1) is 28.0. The Kier molecular flexibility index (Phi) is 10.2. The highest BCUT2D eigenvalue weighted by Gasteiger charge is 2.32. The summed E-state index contributed by atoms with van der Waals surface area (Å²) in [5.41, 5.74) is 1.63. The van der Waals surface area contributed by atoms with Gasteiger partial charge in [-0.1, -0.05) is 55.2 Å². The van der Waals surface area contributed by atoms with E-state index in [4.69, 9.17) is 23.2 Å². The van der Waals surface area contributed by atoms with Gasteiger partial charge < -0.3 is 10.2 Å². The number of carbonyl (C=O) groups excluding carboxylic acids is 2. The first-order valence-corrected chi connectivity index (χ1v) is 13.6. The van der Waals surface area contributed by atoms with Crippen LogP contribution in [0.5, 0.6) is 0 Å². The zero-order valence-corrected chi connectivity index (χ0v) is 22.2. The number of carbonyl (C=O) groups is 2. The molecule has 0 aliphatic rings. The molecule has 2 aromatic rings. The molecule has 1 N–H and O–H groups in total. The van der Waals surface area contributed by atoms with Gasteiger partial charge in [0, 0.05) is 23.1 Å². The summed E-state index contributed by atoms with van der Waals surface area (Å²) >= 11 is 12.2. The normalized spacial score (nSPS) is 12.2. The predicted octanol–water partition coefficient (Wildman–Crippen LogP) is 4.40. The second kappa shape index (κ2) is 12.4. The number of hydrogen-bond acceptors (Lipinski definition) is 4. The Morgan fingerprint density at radius 1 is 1.06 bits per heavy atom. The quantitative estimate of drug-likeness (QED) is 0.469. The summed E-state index contributed by atoms with van der Waals surface area (Å²) in [6.07, 6.45) is 2.16. The molecule has 0 unspecified atom stereocenters. The maximum Gasteiger partial charge on any atom is 0.244 e. The third-order valence-electron chi connectivity index (χ3n) is 5.39. The van der Waals surface area contributed by atoms with Crippen molar-refractivity contribution in [2.75, 3.05) is 23.7 Å². The van der Waals surface area contributed by atoms with E-state index in [1.807, 2.05) is 13.8 Å². The second-order valence-corrected chi connectivity index (χ2v) is 10.8. The molecule has 0 bridgehead atoms. The van der Waals surface area contributed by atoms with Crippen LogP contribution in [0.25, 0.3) is 0 Å². The number of hydrogen-bond donors (Lipinski definition) is 1. The van der Waals surface area contributed by atoms with Crippen LogP contribution in [0.1, 0.15) is 37.8 Å². The fourth-order valence-electron chi connectivity index (χ4n) is 3.53. The molecule has 7 nitrogen and oxygen atoms in total. The molecule has 2 aromatic carbocycles. The number of sulfonamides is 1. The average molecular weight is 529 g/mol. The van der Waals surface area contributed by atoms with Crippen LogP contribution < -0.4 is 9.62 Å². The van der Waals surface area contributed by atoms with E-state index < -0.39 is 28.5 Å². The van der Waals surface area contributed by atoms with Gasteiger partial charge in [-0.15, -0.1) is 0 Å². The van der Waals surface area contributed by atoms with Gasteiger partial charge in [0.25, 0.3) is 0 Å². The molecule has 10 heteroatoms. The molecule has 186 valence electrons. The lowest BCUT2D eigenvalue weighted by molar-refractivity contribution is -0.140. The van der Waals surface area contributed by atoms with Crippen LogP contribution in [0.2, 0.25) is 10.0 Å². The zero-order valence-electron chi connectivity index (χ0n) is 19.8. The van der Waals surface area contributed by atoms with E-state index in [1.54, 1.807) is 49.4 Å². The number of amides is 2. The smallest absolute Gasteiger partial charge is 0.244 e. The molecule has 2 rings (SSSR count). The molecule has 0 spiro atoms. The van der Waals surface area contributed by atoms with Gasteiger partial charge in [-0.05, 0) is 55.2 Å². The van der Waals surface area contributed by atoms with Crippen molar-refractivity contribution < 1.29 is 18.0 Å². The topological polar surface area (TPSA) is 86.8 Å². The standard InChI is InChI=1S/C24H31Cl2N3O4S/c1-5-14-27-24(31)21(6-2)28(15-18-10-12-19(25)13-11-18)23(30)16-29(34(4,32)33)22-9-7-8-20(26)17(22)3/h7-13,21H,5-6,14-16H2,1-4H3,(H,27,31)/t21-/m1/s1. The highest BCUT2D eigenvalue weighted by molar-refractivity contribution is 7.92. The number of rotatable bonds is 11. The molecule has 0 heterocycles. The van der Waals surface area contributed by atoms with E-state index in [0.717, 1.165) is 22.5 Å². The highest BCUT2D eigenvalue weighted by Crippen LogP contribution is 2.28. The Labute approximate surface area is 212 Å². The molecule has 0 fully saturated rings. The fraction of sp³-hybridized carbons (Fsp3) is 0.417. The van der Waals surface area contributed by atoms with Crippen molar-refractivity contribution in [2.45, 2.75) is 46.2 Å². The largest absolute Gasteiger partial charge is 0.354 e. The van der Waals surface area contributed by atoms with Crippen molar-refractivity contribution in [3.05, 3.63) is 63.6 Å². The van der Waals surface area contributed by atoms with Crippen LogP contribution in [0, 0.1) is 6.92 Å². The summed E-state index contributed by atoms with van der Waals surface area (Å²) in [7, 11) is -3.82. The molecule has 0 aliphatic heterocycles. The van der Waals surface area contributed by atoms with E-state index in [-0.39, 0.29) is 12.5 Å². The lowest BCUT2D eigenvalue weighted by atomic mass is 10.1. The van der Waals surface area contributed by atoms with Crippen LogP contribution in [-0.4, -0.2) is 50.5 Å². The number of benzene rings is 2. The minimum absolute atomic E-state index is 0.125. The van der Waals surface area contributed by atoms with Gasteiger partial charge in [0.1, 0.15) is 12.6 Å². The summed E-state index contributed by atoms with van der Waals surface area (Å²) < 4.78 is 26.4. The van der Waals surface area contributed by atoms with E-state index in [0.29, 0.717) is 34.3 Å². The SMILES string of the molecule is CCCNC(=O)[C@@H](CC)N(Cc1ccc(Cl)cc1)C(=O)CN(c1cccc(Cl)c1C)S(C)(=O)=O.